The van der Waals surface area contributed by atoms with Crippen LogP contribution in [-0.4, -0.2) is 30.4 Å². The summed E-state index contributed by atoms with van der Waals surface area (Å²) in [7, 11) is 0. The zero-order valence-electron chi connectivity index (χ0n) is 20.2. The first-order chi connectivity index (χ1) is 18.0. The number of rotatable bonds is 7. The first kappa shape index (κ1) is 24.6. The van der Waals surface area contributed by atoms with Crippen LogP contribution in [-0.2, 0) is 16.9 Å². The fourth-order valence-corrected chi connectivity index (χ4v) is 7.51. The second-order valence-electron chi connectivity index (χ2n) is 11.2. The number of nitrogens with one attached hydrogen (secondary N) is 1. The number of nitro groups is 1. The van der Waals surface area contributed by atoms with Crippen molar-refractivity contribution in [2.75, 3.05) is 5.32 Å². The molecular weight excluding hydrogens is 508 g/mol. The van der Waals surface area contributed by atoms with Crippen LogP contribution in [0.15, 0.2) is 30.7 Å². The first-order valence-electron chi connectivity index (χ1n) is 12.4. The molecule has 4 aliphatic carbocycles. The molecule has 4 saturated carbocycles. The quantitative estimate of drug-likeness (QED) is 0.201. The summed E-state index contributed by atoms with van der Waals surface area (Å²) in [5.41, 5.74) is -1.48. The van der Waals surface area contributed by atoms with E-state index in [1.165, 1.54) is 24.7 Å². The average Bonchev–Trinajstić information content (AvgIpc) is 3.50. The Morgan fingerprint density at radius 1 is 1.13 bits per heavy atom. The molecule has 0 spiro atoms. The summed E-state index contributed by atoms with van der Waals surface area (Å²) in [6.45, 7) is -0.561. The number of amides is 1. The zero-order valence-corrected chi connectivity index (χ0v) is 20.2. The summed E-state index contributed by atoms with van der Waals surface area (Å²) in [5, 5.41) is 22.4. The van der Waals surface area contributed by atoms with Crippen molar-refractivity contribution in [1.82, 2.24) is 19.6 Å². The van der Waals surface area contributed by atoms with Crippen molar-refractivity contribution in [3.63, 3.8) is 0 Å². The molecule has 13 heteroatoms. The molecule has 1 amide bonds. The predicted octanol–water partition coefficient (Wildman–Crippen LogP) is 4.92. The van der Waals surface area contributed by atoms with Crippen LogP contribution in [0.1, 0.15) is 50.5 Å². The van der Waals surface area contributed by atoms with Gasteiger partial charge in [0.2, 0.25) is 5.91 Å². The van der Waals surface area contributed by atoms with Crippen LogP contribution in [0.25, 0.3) is 0 Å². The number of nitrogens with zero attached hydrogens (tertiary/aromatic N) is 5. The molecule has 2 heterocycles. The summed E-state index contributed by atoms with van der Waals surface area (Å²) in [5.74, 6) is -5.31. The molecule has 0 saturated heterocycles. The van der Waals surface area contributed by atoms with Crippen molar-refractivity contribution in [2.24, 2.45) is 17.3 Å². The maximum atomic E-state index is 14.0. The molecule has 7 rings (SSSR count). The Labute approximate surface area is 214 Å². The van der Waals surface area contributed by atoms with Gasteiger partial charge in [-0.3, -0.25) is 24.3 Å². The van der Waals surface area contributed by atoms with E-state index in [1.807, 2.05) is 0 Å². The van der Waals surface area contributed by atoms with Gasteiger partial charge in [0.05, 0.1) is 22.6 Å². The standard InChI is InChI=1S/C25H24F4N6O3/c26-18-4-19(27)23(29)17(22(18)28)12-33-2-1-20(32-33)31-21(36)9-24-5-14-3-15(6-24)8-25(7-14,13-24)34-11-16(10-30-34)35(37)38/h1-2,4,10-11,14-15H,3,5-9,12-13H2,(H,31,32,36). The fourth-order valence-electron chi connectivity index (χ4n) is 7.51. The highest BCUT2D eigenvalue weighted by molar-refractivity contribution is 5.90. The molecule has 0 radical (unpaired) electrons. The number of halogens is 4. The molecule has 2 unspecified atom stereocenters. The molecular formula is C25H24F4N6O3. The number of carbonyl (C=O) groups excluding carboxylic acids is 1. The third-order valence-electron chi connectivity index (χ3n) is 8.38. The molecule has 200 valence electrons. The van der Waals surface area contributed by atoms with Crippen LogP contribution < -0.4 is 5.32 Å². The zero-order chi connectivity index (χ0) is 26.8. The lowest BCUT2D eigenvalue weighted by Gasteiger charge is -2.61. The monoisotopic (exact) mass is 532 g/mol. The summed E-state index contributed by atoms with van der Waals surface area (Å²) < 4.78 is 57.9. The van der Waals surface area contributed by atoms with Crippen molar-refractivity contribution in [3.8, 4) is 0 Å². The van der Waals surface area contributed by atoms with Crippen molar-refractivity contribution < 1.29 is 27.3 Å². The predicted molar refractivity (Wildman–Crippen MR) is 125 cm³/mol. The van der Waals surface area contributed by atoms with Gasteiger partial charge < -0.3 is 5.32 Å². The lowest BCUT2D eigenvalue weighted by Crippen LogP contribution is -2.57. The Hall–Kier alpha value is -3.77. The van der Waals surface area contributed by atoms with E-state index in [4.69, 9.17) is 0 Å². The van der Waals surface area contributed by atoms with Crippen molar-refractivity contribution >= 4 is 17.4 Å². The highest BCUT2D eigenvalue weighted by Crippen LogP contribution is 2.65. The van der Waals surface area contributed by atoms with Gasteiger partial charge in [-0.25, -0.2) is 17.6 Å². The van der Waals surface area contributed by atoms with Gasteiger partial charge in [0.1, 0.15) is 12.4 Å². The number of anilines is 1. The number of hydrogen-bond acceptors (Lipinski definition) is 5. The molecule has 1 aromatic carbocycles. The highest BCUT2D eigenvalue weighted by atomic mass is 19.2. The number of carbonyl (C=O) groups is 1. The van der Waals surface area contributed by atoms with E-state index in [2.05, 4.69) is 15.5 Å². The van der Waals surface area contributed by atoms with Crippen LogP contribution in [0.3, 0.4) is 0 Å². The van der Waals surface area contributed by atoms with Gasteiger partial charge in [-0.15, -0.1) is 0 Å². The fraction of sp³-hybridized carbons (Fsp3) is 0.480. The van der Waals surface area contributed by atoms with Crippen LogP contribution >= 0.6 is 0 Å². The van der Waals surface area contributed by atoms with Crippen LogP contribution in [0.5, 0.6) is 0 Å². The van der Waals surface area contributed by atoms with Crippen molar-refractivity contribution in [2.45, 2.75) is 57.0 Å². The molecule has 9 nitrogen and oxygen atoms in total. The van der Waals surface area contributed by atoms with Gasteiger partial charge in [0.15, 0.2) is 29.1 Å². The topological polar surface area (TPSA) is 108 Å². The maximum Gasteiger partial charge on any atom is 0.307 e. The van der Waals surface area contributed by atoms with Crippen molar-refractivity contribution in [1.29, 1.82) is 0 Å². The SMILES string of the molecule is O=C(CC12CC3CC(C1)CC(n1cc([N+](=O)[O-])cn1)(C3)C2)Nc1ccn(Cc2c(F)c(F)cc(F)c2F)n1. The lowest BCUT2D eigenvalue weighted by atomic mass is 9.46. The molecule has 0 aliphatic heterocycles. The minimum absolute atomic E-state index is 0.0520. The second kappa shape index (κ2) is 8.63. The van der Waals surface area contributed by atoms with Gasteiger partial charge >= 0.3 is 5.69 Å². The smallest absolute Gasteiger partial charge is 0.307 e. The molecule has 4 fully saturated rings. The van der Waals surface area contributed by atoms with E-state index >= 15 is 0 Å². The molecule has 3 aromatic rings. The lowest BCUT2D eigenvalue weighted by molar-refractivity contribution is -0.385. The van der Waals surface area contributed by atoms with Crippen LogP contribution in [0.2, 0.25) is 0 Å². The van der Waals surface area contributed by atoms with E-state index in [1.54, 1.807) is 4.68 Å². The third kappa shape index (κ3) is 4.13. The van der Waals surface area contributed by atoms with E-state index in [0.717, 1.165) is 36.8 Å². The highest BCUT2D eigenvalue weighted by Gasteiger charge is 2.59. The summed E-state index contributed by atoms with van der Waals surface area (Å²) in [6, 6.07) is 1.58. The van der Waals surface area contributed by atoms with Gasteiger partial charge in [-0.1, -0.05) is 0 Å². The van der Waals surface area contributed by atoms with Crippen LogP contribution in [0.4, 0.5) is 29.1 Å². The van der Waals surface area contributed by atoms with Gasteiger partial charge in [-0.2, -0.15) is 10.2 Å². The normalized spacial score (nSPS) is 27.6. The third-order valence-corrected chi connectivity index (χ3v) is 8.38. The Morgan fingerprint density at radius 2 is 1.82 bits per heavy atom. The van der Waals surface area contributed by atoms with E-state index < -0.39 is 40.3 Å². The summed E-state index contributed by atoms with van der Waals surface area (Å²) >= 11 is 0. The number of hydrogen-bond donors (Lipinski definition) is 1. The van der Waals surface area contributed by atoms with Crippen LogP contribution in [0, 0.1) is 50.6 Å². The second-order valence-corrected chi connectivity index (χ2v) is 11.2. The number of aromatic nitrogens is 4. The summed E-state index contributed by atoms with van der Waals surface area (Å²) in [6.07, 6.45) is 9.64. The van der Waals surface area contributed by atoms with Gasteiger partial charge in [0.25, 0.3) is 0 Å². The Morgan fingerprint density at radius 3 is 2.45 bits per heavy atom. The van der Waals surface area contributed by atoms with Gasteiger partial charge in [0, 0.05) is 24.8 Å². The maximum absolute atomic E-state index is 14.0. The molecule has 2 aromatic heterocycles. The minimum Gasteiger partial charge on any atom is -0.309 e. The van der Waals surface area contributed by atoms with Gasteiger partial charge in [-0.05, 0) is 55.8 Å². The average molecular weight is 532 g/mol. The minimum atomic E-state index is -1.50. The molecule has 4 bridgehead atoms. The first-order valence-corrected chi connectivity index (χ1v) is 12.4. The van der Waals surface area contributed by atoms with E-state index in [-0.39, 0.29) is 40.9 Å². The van der Waals surface area contributed by atoms with E-state index in [9.17, 15) is 32.5 Å². The molecule has 1 N–H and O–H groups in total. The molecule has 4 aliphatic rings. The Bertz CT molecular complexity index is 1410. The molecule has 2 atom stereocenters. The largest absolute Gasteiger partial charge is 0.309 e. The Kier molecular flexibility index (Phi) is 5.58. The molecule has 38 heavy (non-hydrogen) atoms. The number of benzene rings is 1. The van der Waals surface area contributed by atoms with E-state index in [0.29, 0.717) is 18.3 Å². The summed E-state index contributed by atoms with van der Waals surface area (Å²) in [4.78, 5) is 23.9. The Balaban J connectivity index is 1.16. The van der Waals surface area contributed by atoms with Crippen molar-refractivity contribution in [3.05, 3.63) is 69.7 Å².